The molecule has 4 aromatic rings. The summed E-state index contributed by atoms with van der Waals surface area (Å²) in [6.07, 6.45) is -1.27. The van der Waals surface area contributed by atoms with Gasteiger partial charge in [-0.15, -0.1) is 24.8 Å². The molecule has 2 aliphatic rings. The van der Waals surface area contributed by atoms with Crippen LogP contribution in [0.3, 0.4) is 0 Å². The molecule has 0 fully saturated rings. The first kappa shape index (κ1) is 41.4. The molecule has 0 aromatic heterocycles. The smallest absolute Gasteiger partial charge is 0.120 e. The summed E-state index contributed by atoms with van der Waals surface area (Å²) < 4.78 is 0. The van der Waals surface area contributed by atoms with Crippen molar-refractivity contribution in [2.24, 2.45) is 0 Å². The average molecular weight is 670 g/mol. The van der Waals surface area contributed by atoms with E-state index in [1.54, 1.807) is 60.7 Å². The highest BCUT2D eigenvalue weighted by Gasteiger charge is 2.33. The van der Waals surface area contributed by atoms with E-state index < -0.39 is 12.2 Å². The van der Waals surface area contributed by atoms with Crippen LogP contribution in [-0.2, 0) is 0 Å². The average Bonchev–Trinajstić information content (AvgIpc) is 2.92. The van der Waals surface area contributed by atoms with E-state index in [4.69, 9.17) is 0 Å². The summed E-state index contributed by atoms with van der Waals surface area (Å²) in [4.78, 5) is 4.00. The second kappa shape index (κ2) is 17.2. The van der Waals surface area contributed by atoms with Gasteiger partial charge in [0.2, 0.25) is 0 Å². The fourth-order valence-corrected chi connectivity index (χ4v) is 5.87. The van der Waals surface area contributed by atoms with E-state index in [0.717, 1.165) is 33.4 Å². The van der Waals surface area contributed by atoms with Crippen LogP contribution >= 0.6 is 24.8 Å². The Hall–Kier alpha value is -3.62. The van der Waals surface area contributed by atoms with Crippen LogP contribution in [0.15, 0.2) is 84.9 Å². The van der Waals surface area contributed by atoms with Crippen molar-refractivity contribution in [3.63, 3.8) is 0 Å². The lowest BCUT2D eigenvalue weighted by Crippen LogP contribution is -2.35. The zero-order chi connectivity index (χ0) is 28.6. The highest BCUT2D eigenvalue weighted by atomic mass is 35.5. The van der Waals surface area contributed by atoms with E-state index >= 15 is 0 Å². The zero-order valence-electron chi connectivity index (χ0n) is 24.7. The second-order valence-corrected chi connectivity index (χ2v) is 10.5. The van der Waals surface area contributed by atoms with Crippen molar-refractivity contribution in [2.45, 2.75) is 24.3 Å². The number of para-hydroxylation sites is 2. The molecular formula is C32H42Cl2N2O9. The maximum absolute atomic E-state index is 10.2. The van der Waals surface area contributed by atoms with Crippen LogP contribution in [0.25, 0.3) is 0 Å². The molecule has 0 saturated carbocycles. The fourth-order valence-electron chi connectivity index (χ4n) is 5.87. The molecule has 0 amide bonds. The molecule has 13 heteroatoms. The Morgan fingerprint density at radius 3 is 1.16 bits per heavy atom. The third kappa shape index (κ3) is 8.35. The van der Waals surface area contributed by atoms with Crippen LogP contribution in [0.2, 0.25) is 0 Å². The normalized spacial score (nSPS) is 20.0. The Bertz CT molecular complexity index is 1410. The highest BCUT2D eigenvalue weighted by molar-refractivity contribution is 5.85. The van der Waals surface area contributed by atoms with Gasteiger partial charge in [0.25, 0.3) is 0 Å². The number of hydrogen-bond donors (Lipinski definition) is 6. The number of β-amino-alcohol motifs (C(OH)–C–C–N with tert-alkyl or cyclic N) is 2. The Morgan fingerprint density at radius 1 is 0.489 bits per heavy atom. The molecule has 2 heterocycles. The number of aliphatic hydroxyl groups excluding tert-OH is 2. The predicted molar refractivity (Wildman–Crippen MR) is 177 cm³/mol. The van der Waals surface area contributed by atoms with E-state index in [-0.39, 0.29) is 76.3 Å². The van der Waals surface area contributed by atoms with Crippen LogP contribution in [0.4, 0.5) is 0 Å². The van der Waals surface area contributed by atoms with Crippen molar-refractivity contribution in [1.82, 2.24) is 9.80 Å². The summed E-state index contributed by atoms with van der Waals surface area (Å²) in [5.41, 5.74) is 4.85. The minimum atomic E-state index is -0.635. The maximum atomic E-state index is 10.2. The van der Waals surface area contributed by atoms with E-state index in [1.807, 2.05) is 48.2 Å². The molecule has 6 rings (SSSR count). The van der Waals surface area contributed by atoms with Gasteiger partial charge in [0, 0.05) is 24.2 Å². The number of phenols is 4. The molecular weight excluding hydrogens is 627 g/mol. The van der Waals surface area contributed by atoms with Gasteiger partial charge in [-0.2, -0.15) is 0 Å². The molecule has 2 aliphatic heterocycles. The van der Waals surface area contributed by atoms with E-state index in [2.05, 4.69) is 0 Å². The first-order chi connectivity index (χ1) is 19.2. The number of halogens is 2. The van der Waals surface area contributed by atoms with E-state index in [9.17, 15) is 30.6 Å². The Kier molecular flexibility index (Phi) is 15.8. The lowest BCUT2D eigenvalue weighted by molar-refractivity contribution is 0.0933. The Balaban J connectivity index is 0.000000774. The van der Waals surface area contributed by atoms with Crippen LogP contribution in [-0.4, -0.2) is 84.1 Å². The summed E-state index contributed by atoms with van der Waals surface area (Å²) in [5.74, 6) is 0.756. The molecule has 248 valence electrons. The topological polar surface area (TPSA) is 222 Å². The Labute approximate surface area is 274 Å². The van der Waals surface area contributed by atoms with Crippen molar-refractivity contribution in [3.05, 3.63) is 118 Å². The number of hydrogen-bond acceptors (Lipinski definition) is 8. The minimum Gasteiger partial charge on any atom is -0.508 e. The summed E-state index contributed by atoms with van der Waals surface area (Å²) in [5, 5.41) is 59.7. The lowest BCUT2D eigenvalue weighted by Gasteiger charge is -2.37. The fraction of sp³-hybridized carbons (Fsp3) is 0.250. The molecule has 45 heavy (non-hydrogen) atoms. The van der Waals surface area contributed by atoms with Crippen LogP contribution in [0, 0.1) is 0 Å². The van der Waals surface area contributed by atoms with Gasteiger partial charge < -0.3 is 47.1 Å². The number of phenolic OH excluding ortho intramolecular Hbond substituents is 4. The van der Waals surface area contributed by atoms with Gasteiger partial charge in [0.1, 0.15) is 23.0 Å². The third-order valence-electron chi connectivity index (χ3n) is 7.71. The number of nitrogens with zero attached hydrogens (tertiary/aromatic N) is 2. The number of rotatable bonds is 2. The van der Waals surface area contributed by atoms with E-state index in [1.165, 1.54) is 0 Å². The van der Waals surface area contributed by atoms with Gasteiger partial charge in [-0.1, -0.05) is 48.5 Å². The standard InChI is InChI=1S/2C16H17NO3.2ClH.3H2O/c2*1-17-9-15(20)13-8-10(18)6-7-11(13)16(17)12-4-2-3-5-14(12)19;;;;;/h2*2-8,15-16,18-20H,9H2,1H3;2*1H;3*1H2. The zero-order valence-corrected chi connectivity index (χ0v) is 26.3. The maximum Gasteiger partial charge on any atom is 0.120 e. The van der Waals surface area contributed by atoms with Crippen LogP contribution < -0.4 is 0 Å². The second-order valence-electron chi connectivity index (χ2n) is 10.5. The summed E-state index contributed by atoms with van der Waals surface area (Å²) in [6, 6.07) is 24.2. The number of likely N-dealkylation sites (N-methyl/N-ethyl adjacent to an activating group) is 2. The van der Waals surface area contributed by atoms with Gasteiger partial charge in [-0.3, -0.25) is 9.80 Å². The van der Waals surface area contributed by atoms with Crippen molar-refractivity contribution in [3.8, 4) is 23.0 Å². The number of aliphatic hydroxyl groups is 2. The third-order valence-corrected chi connectivity index (χ3v) is 7.71. The molecule has 0 saturated heterocycles. The largest absolute Gasteiger partial charge is 0.508 e. The molecule has 0 radical (unpaired) electrons. The quantitative estimate of drug-likeness (QED) is 0.186. The van der Waals surface area contributed by atoms with Gasteiger partial charge >= 0.3 is 0 Å². The first-order valence-corrected chi connectivity index (χ1v) is 13.1. The highest BCUT2D eigenvalue weighted by Crippen LogP contribution is 2.43. The molecule has 0 bridgehead atoms. The minimum absolute atomic E-state index is 0. The predicted octanol–water partition coefficient (Wildman–Crippen LogP) is 2.70. The van der Waals surface area contributed by atoms with E-state index in [0.29, 0.717) is 13.1 Å². The van der Waals surface area contributed by atoms with Crippen molar-refractivity contribution >= 4 is 24.8 Å². The monoisotopic (exact) mass is 668 g/mol. The number of benzene rings is 4. The first-order valence-electron chi connectivity index (χ1n) is 13.1. The Morgan fingerprint density at radius 2 is 0.822 bits per heavy atom. The van der Waals surface area contributed by atoms with Crippen molar-refractivity contribution < 1.29 is 47.1 Å². The van der Waals surface area contributed by atoms with Crippen molar-refractivity contribution in [2.75, 3.05) is 27.2 Å². The van der Waals surface area contributed by atoms with Gasteiger partial charge in [-0.05, 0) is 72.7 Å². The molecule has 0 aliphatic carbocycles. The summed E-state index contributed by atoms with van der Waals surface area (Å²) in [6.45, 7) is 0.908. The van der Waals surface area contributed by atoms with Crippen LogP contribution in [0.5, 0.6) is 23.0 Å². The lowest BCUT2D eigenvalue weighted by atomic mass is 9.86. The summed E-state index contributed by atoms with van der Waals surface area (Å²) in [7, 11) is 3.83. The number of fused-ring (bicyclic) bond motifs is 2. The molecule has 4 unspecified atom stereocenters. The molecule has 4 atom stereocenters. The molecule has 12 N–H and O–H groups in total. The SMILES string of the molecule is CN1CC(O)c2cc(O)ccc2C1c1ccccc1O.CN1CC(O)c2cc(O)ccc2C1c1ccccc1O.Cl.Cl.O.O.O. The molecule has 0 spiro atoms. The molecule has 11 nitrogen and oxygen atoms in total. The van der Waals surface area contributed by atoms with Gasteiger partial charge in [-0.25, -0.2) is 0 Å². The van der Waals surface area contributed by atoms with Crippen LogP contribution in [0.1, 0.15) is 57.7 Å². The summed E-state index contributed by atoms with van der Waals surface area (Å²) >= 11 is 0. The van der Waals surface area contributed by atoms with Gasteiger partial charge in [0.05, 0.1) is 24.3 Å². The molecule has 4 aromatic carbocycles. The van der Waals surface area contributed by atoms with Gasteiger partial charge in [0.15, 0.2) is 0 Å². The van der Waals surface area contributed by atoms with Crippen molar-refractivity contribution in [1.29, 1.82) is 0 Å². The number of aromatic hydroxyl groups is 4.